The van der Waals surface area contributed by atoms with E-state index in [1.165, 1.54) is 5.56 Å². The number of nitrogens with one attached hydrogen (secondary N) is 1. The Kier molecular flexibility index (Phi) is 8.05. The first kappa shape index (κ1) is 22.9. The van der Waals surface area contributed by atoms with Crippen molar-refractivity contribution < 1.29 is 18.8 Å². The molecule has 0 spiro atoms. The first-order valence-corrected chi connectivity index (χ1v) is 11.3. The van der Waals surface area contributed by atoms with Crippen molar-refractivity contribution in [1.29, 1.82) is 0 Å². The van der Waals surface area contributed by atoms with Gasteiger partial charge in [-0.1, -0.05) is 35.5 Å². The quantitative estimate of drug-likeness (QED) is 0.508. The third-order valence-electron chi connectivity index (χ3n) is 5.61. The average molecular weight is 451 g/mol. The number of nitrogens with zero attached hydrogens (tertiary/aromatic N) is 3. The summed E-state index contributed by atoms with van der Waals surface area (Å²) in [6, 6.07) is 17.9. The van der Waals surface area contributed by atoms with Crippen LogP contribution < -0.4 is 10.1 Å². The number of benzene rings is 2. The van der Waals surface area contributed by atoms with Gasteiger partial charge in [0.05, 0.1) is 19.8 Å². The predicted octanol–water partition coefficient (Wildman–Crippen LogP) is 3.09. The first-order valence-electron chi connectivity index (χ1n) is 11.3. The Morgan fingerprint density at radius 2 is 2.00 bits per heavy atom. The van der Waals surface area contributed by atoms with Gasteiger partial charge in [0, 0.05) is 44.6 Å². The zero-order chi connectivity index (χ0) is 22.9. The highest BCUT2D eigenvalue weighted by molar-refractivity contribution is 5.75. The average Bonchev–Trinajstić information content (AvgIpc) is 3.33. The highest BCUT2D eigenvalue weighted by Gasteiger charge is 2.21. The van der Waals surface area contributed by atoms with Gasteiger partial charge in [-0.15, -0.1) is 0 Å². The van der Waals surface area contributed by atoms with Crippen molar-refractivity contribution in [2.75, 3.05) is 33.4 Å². The lowest BCUT2D eigenvalue weighted by Gasteiger charge is -2.33. The molecule has 0 bridgehead atoms. The number of methoxy groups -OCH3 is 1. The van der Waals surface area contributed by atoms with Crippen molar-refractivity contribution in [3.8, 4) is 17.1 Å². The Hall–Kier alpha value is -3.23. The molecule has 1 amide bonds. The molecule has 1 fully saturated rings. The Morgan fingerprint density at radius 1 is 1.18 bits per heavy atom. The third-order valence-corrected chi connectivity index (χ3v) is 5.61. The fourth-order valence-electron chi connectivity index (χ4n) is 3.82. The van der Waals surface area contributed by atoms with Gasteiger partial charge in [-0.25, -0.2) is 0 Å². The molecular formula is C25H30N4O4. The second-order valence-corrected chi connectivity index (χ2v) is 8.11. The van der Waals surface area contributed by atoms with Crippen molar-refractivity contribution in [3.63, 3.8) is 0 Å². The van der Waals surface area contributed by atoms with E-state index >= 15 is 0 Å². The maximum absolute atomic E-state index is 12.3. The fourth-order valence-corrected chi connectivity index (χ4v) is 3.82. The van der Waals surface area contributed by atoms with Crippen LogP contribution in [0.2, 0.25) is 0 Å². The molecule has 1 atom stereocenters. The maximum Gasteiger partial charge on any atom is 0.226 e. The molecule has 1 aliphatic heterocycles. The highest BCUT2D eigenvalue weighted by Crippen LogP contribution is 2.20. The van der Waals surface area contributed by atoms with Crippen LogP contribution in [0.25, 0.3) is 11.4 Å². The van der Waals surface area contributed by atoms with Gasteiger partial charge in [0.2, 0.25) is 17.6 Å². The normalized spacial score (nSPS) is 16.5. The van der Waals surface area contributed by atoms with Crippen LogP contribution >= 0.6 is 0 Å². The molecule has 4 rings (SSSR count). The second-order valence-electron chi connectivity index (χ2n) is 8.11. The van der Waals surface area contributed by atoms with Gasteiger partial charge in [-0.2, -0.15) is 4.98 Å². The largest absolute Gasteiger partial charge is 0.497 e. The van der Waals surface area contributed by atoms with E-state index in [1.807, 2.05) is 30.3 Å². The Bertz CT molecular complexity index is 1010. The van der Waals surface area contributed by atoms with Gasteiger partial charge in [-0.05, 0) is 36.2 Å². The molecule has 8 nitrogen and oxygen atoms in total. The molecule has 3 aromatic rings. The number of hydrogen-bond acceptors (Lipinski definition) is 7. The number of amides is 1. The molecule has 1 aromatic heterocycles. The van der Waals surface area contributed by atoms with Crippen molar-refractivity contribution in [1.82, 2.24) is 20.4 Å². The third kappa shape index (κ3) is 6.87. The van der Waals surface area contributed by atoms with Gasteiger partial charge in [0.15, 0.2) is 0 Å². The van der Waals surface area contributed by atoms with Crippen molar-refractivity contribution in [2.24, 2.45) is 0 Å². The predicted molar refractivity (Wildman–Crippen MR) is 124 cm³/mol. The summed E-state index contributed by atoms with van der Waals surface area (Å²) in [6.45, 7) is 3.82. The smallest absolute Gasteiger partial charge is 0.226 e. The Morgan fingerprint density at radius 3 is 2.79 bits per heavy atom. The summed E-state index contributed by atoms with van der Waals surface area (Å²) in [6.07, 6.45) is 1.61. The second kappa shape index (κ2) is 11.6. The number of aryl methyl sites for hydroxylation is 1. The van der Waals surface area contributed by atoms with Gasteiger partial charge < -0.3 is 19.3 Å². The summed E-state index contributed by atoms with van der Waals surface area (Å²) >= 11 is 0. The molecule has 8 heteroatoms. The maximum atomic E-state index is 12.3. The summed E-state index contributed by atoms with van der Waals surface area (Å²) in [5, 5.41) is 7.02. The summed E-state index contributed by atoms with van der Waals surface area (Å²) in [7, 11) is 1.63. The minimum Gasteiger partial charge on any atom is -0.497 e. The number of aromatic nitrogens is 2. The van der Waals surface area contributed by atoms with Crippen molar-refractivity contribution in [2.45, 2.75) is 31.9 Å². The minimum absolute atomic E-state index is 0.00803. The van der Waals surface area contributed by atoms with Crippen LogP contribution in [0.3, 0.4) is 0 Å². The van der Waals surface area contributed by atoms with Crippen LogP contribution in [0.5, 0.6) is 5.75 Å². The zero-order valence-electron chi connectivity index (χ0n) is 18.9. The molecule has 0 aliphatic carbocycles. The minimum atomic E-state index is 0.00803. The van der Waals surface area contributed by atoms with Gasteiger partial charge >= 0.3 is 0 Å². The van der Waals surface area contributed by atoms with Crippen molar-refractivity contribution in [3.05, 3.63) is 66.1 Å². The van der Waals surface area contributed by atoms with Gasteiger partial charge in [0.25, 0.3) is 0 Å². The summed E-state index contributed by atoms with van der Waals surface area (Å²) < 4.78 is 16.3. The Balaban J connectivity index is 1.15. The zero-order valence-corrected chi connectivity index (χ0v) is 18.9. The summed E-state index contributed by atoms with van der Waals surface area (Å²) in [5.41, 5.74) is 2.15. The molecule has 1 unspecified atom stereocenters. The van der Waals surface area contributed by atoms with Gasteiger partial charge in [0.1, 0.15) is 5.75 Å². The first-order chi connectivity index (χ1) is 16.2. The SMILES string of the molecule is COc1ccc(-c2noc(CCCC(=O)NCC3CN(Cc4ccccc4)CCO3)n2)cc1. The van der Waals surface area contributed by atoms with Crippen LogP contribution in [0.4, 0.5) is 0 Å². The van der Waals surface area contributed by atoms with Crippen LogP contribution in [-0.4, -0.2) is 60.4 Å². The summed E-state index contributed by atoms with van der Waals surface area (Å²) in [5.74, 6) is 1.84. The van der Waals surface area contributed by atoms with E-state index in [4.69, 9.17) is 14.0 Å². The standard InChI is InChI=1S/C25H30N4O4/c1-31-21-12-10-20(11-13-21)25-27-24(33-28-25)9-5-8-23(30)26-16-22-18-29(14-15-32-22)17-19-6-3-2-4-7-19/h2-4,6-7,10-13,22H,5,8-9,14-18H2,1H3,(H,26,30). The fraction of sp³-hybridized carbons (Fsp3) is 0.400. The molecule has 2 aromatic carbocycles. The van der Waals surface area contributed by atoms with E-state index in [1.54, 1.807) is 7.11 Å². The van der Waals surface area contributed by atoms with E-state index in [0.717, 1.165) is 30.9 Å². The topological polar surface area (TPSA) is 89.7 Å². The van der Waals surface area contributed by atoms with Crippen molar-refractivity contribution >= 4 is 5.91 Å². The summed E-state index contributed by atoms with van der Waals surface area (Å²) in [4.78, 5) is 19.1. The monoisotopic (exact) mass is 450 g/mol. The molecular weight excluding hydrogens is 420 g/mol. The molecule has 1 N–H and O–H groups in total. The van der Waals surface area contributed by atoms with Gasteiger partial charge in [-0.3, -0.25) is 9.69 Å². The lowest BCUT2D eigenvalue weighted by Crippen LogP contribution is -2.47. The van der Waals surface area contributed by atoms with E-state index in [9.17, 15) is 4.79 Å². The van der Waals surface area contributed by atoms with E-state index in [-0.39, 0.29) is 12.0 Å². The van der Waals surface area contributed by atoms with E-state index < -0.39 is 0 Å². The molecule has 2 heterocycles. The number of rotatable bonds is 10. The molecule has 1 saturated heterocycles. The molecule has 33 heavy (non-hydrogen) atoms. The number of ether oxygens (including phenoxy) is 2. The lowest BCUT2D eigenvalue weighted by atomic mass is 10.2. The molecule has 0 saturated carbocycles. The molecule has 0 radical (unpaired) electrons. The van der Waals surface area contributed by atoms with Crippen LogP contribution in [0, 0.1) is 0 Å². The molecule has 1 aliphatic rings. The number of morpholine rings is 1. The Labute approximate surface area is 193 Å². The number of carbonyl (C=O) groups is 1. The lowest BCUT2D eigenvalue weighted by molar-refractivity contribution is -0.122. The number of carbonyl (C=O) groups excluding carboxylic acids is 1. The van der Waals surface area contributed by atoms with E-state index in [0.29, 0.717) is 44.1 Å². The van der Waals surface area contributed by atoms with Crippen LogP contribution in [0.15, 0.2) is 59.1 Å². The van der Waals surface area contributed by atoms with Crippen LogP contribution in [0.1, 0.15) is 24.3 Å². The number of hydrogen-bond donors (Lipinski definition) is 1. The van der Waals surface area contributed by atoms with E-state index in [2.05, 4.69) is 44.6 Å². The molecule has 174 valence electrons. The highest BCUT2D eigenvalue weighted by atomic mass is 16.5. The van der Waals surface area contributed by atoms with Crippen LogP contribution in [-0.2, 0) is 22.5 Å².